The number of benzene rings is 1. The highest BCUT2D eigenvalue weighted by molar-refractivity contribution is 5.94. The van der Waals surface area contributed by atoms with Gasteiger partial charge in [0.2, 0.25) is 0 Å². The molecule has 1 amide bonds. The number of amides is 1. The number of hydrogen-bond donors (Lipinski definition) is 3. The molecule has 9 heteroatoms. The number of nitrogens with one attached hydrogen (secondary N) is 2. The first-order valence-corrected chi connectivity index (χ1v) is 8.36. The van der Waals surface area contributed by atoms with Gasteiger partial charge in [-0.05, 0) is 18.2 Å². The van der Waals surface area contributed by atoms with Crippen LogP contribution >= 0.6 is 0 Å². The maximum atomic E-state index is 13.9. The van der Waals surface area contributed by atoms with Gasteiger partial charge in [0.15, 0.2) is 0 Å². The minimum absolute atomic E-state index is 0.0631. The van der Waals surface area contributed by atoms with Crippen LogP contribution in [0.1, 0.15) is 22.2 Å². The lowest BCUT2D eigenvalue weighted by Gasteiger charge is -2.14. The number of imidazole rings is 1. The number of H-pyrrole nitrogens is 2. The lowest BCUT2D eigenvalue weighted by molar-refractivity contribution is -0.141. The summed E-state index contributed by atoms with van der Waals surface area (Å²) in [5.74, 6) is -2.44. The number of likely N-dealkylation sites (tertiary alicyclic amines) is 1. The van der Waals surface area contributed by atoms with Crippen LogP contribution in [0, 0.1) is 11.7 Å². The van der Waals surface area contributed by atoms with Crippen molar-refractivity contribution in [2.75, 3.05) is 13.1 Å². The van der Waals surface area contributed by atoms with Crippen molar-refractivity contribution in [1.29, 1.82) is 0 Å². The number of carboxylic acids is 1. The van der Waals surface area contributed by atoms with Crippen molar-refractivity contribution < 1.29 is 19.1 Å². The first-order chi connectivity index (χ1) is 13.0. The van der Waals surface area contributed by atoms with Gasteiger partial charge in [-0.1, -0.05) is 12.1 Å². The molecule has 1 aliphatic rings. The van der Waals surface area contributed by atoms with Crippen molar-refractivity contribution in [3.63, 3.8) is 0 Å². The smallest absolute Gasteiger partial charge is 0.309 e. The van der Waals surface area contributed by atoms with Crippen LogP contribution in [-0.2, 0) is 4.79 Å². The number of aromatic nitrogens is 4. The maximum Gasteiger partial charge on any atom is 0.309 e. The molecule has 27 heavy (non-hydrogen) atoms. The van der Waals surface area contributed by atoms with Crippen molar-refractivity contribution in [3.05, 3.63) is 60.1 Å². The van der Waals surface area contributed by atoms with E-state index in [-0.39, 0.29) is 30.3 Å². The first-order valence-electron chi connectivity index (χ1n) is 8.36. The average Bonchev–Trinajstić information content (AvgIpc) is 3.40. The largest absolute Gasteiger partial charge is 0.481 e. The van der Waals surface area contributed by atoms with Crippen molar-refractivity contribution >= 4 is 11.9 Å². The maximum absolute atomic E-state index is 13.9. The molecule has 0 bridgehead atoms. The number of aliphatic carboxylic acids is 1. The Morgan fingerprint density at radius 2 is 2.07 bits per heavy atom. The third kappa shape index (κ3) is 3.07. The molecule has 1 aliphatic heterocycles. The van der Waals surface area contributed by atoms with Crippen molar-refractivity contribution in [2.45, 2.75) is 5.92 Å². The van der Waals surface area contributed by atoms with E-state index in [0.29, 0.717) is 11.5 Å². The van der Waals surface area contributed by atoms with Gasteiger partial charge >= 0.3 is 5.97 Å². The van der Waals surface area contributed by atoms with E-state index in [1.807, 2.05) is 0 Å². The summed E-state index contributed by atoms with van der Waals surface area (Å²) in [7, 11) is 0. The van der Waals surface area contributed by atoms with Crippen LogP contribution in [0.25, 0.3) is 11.3 Å². The van der Waals surface area contributed by atoms with Gasteiger partial charge in [0.05, 0.1) is 11.6 Å². The fourth-order valence-electron chi connectivity index (χ4n) is 3.39. The molecule has 2 atom stereocenters. The zero-order valence-corrected chi connectivity index (χ0v) is 14.1. The summed E-state index contributed by atoms with van der Waals surface area (Å²) in [6.45, 7) is 0.283. The summed E-state index contributed by atoms with van der Waals surface area (Å²) < 4.78 is 13.9. The number of aromatic amines is 2. The molecule has 138 valence electrons. The van der Waals surface area contributed by atoms with Gasteiger partial charge < -0.3 is 15.0 Å². The van der Waals surface area contributed by atoms with E-state index in [0.717, 1.165) is 0 Å². The fraction of sp³-hybridized carbons (Fsp3) is 0.222. The van der Waals surface area contributed by atoms with E-state index < -0.39 is 23.6 Å². The Kier molecular flexibility index (Phi) is 4.19. The van der Waals surface area contributed by atoms with Crippen molar-refractivity contribution in [2.24, 2.45) is 5.92 Å². The van der Waals surface area contributed by atoms with E-state index in [4.69, 9.17) is 0 Å². The van der Waals surface area contributed by atoms with Crippen LogP contribution < -0.4 is 0 Å². The SMILES string of the molecule is O=C(O)[C@@H]1CN(C(=O)c2cc(-c3ccccc3F)n[nH]2)C[C@H]1c1ncc[nH]1. The summed E-state index contributed by atoms with van der Waals surface area (Å²) in [6.07, 6.45) is 3.17. The van der Waals surface area contributed by atoms with E-state index in [2.05, 4.69) is 20.2 Å². The highest BCUT2D eigenvalue weighted by atomic mass is 19.1. The molecule has 3 N–H and O–H groups in total. The van der Waals surface area contributed by atoms with Gasteiger partial charge in [-0.3, -0.25) is 14.7 Å². The highest BCUT2D eigenvalue weighted by Gasteiger charge is 2.42. The molecule has 0 unspecified atom stereocenters. The average molecular weight is 369 g/mol. The van der Waals surface area contributed by atoms with Gasteiger partial charge in [-0.25, -0.2) is 9.37 Å². The predicted octanol–water partition coefficient (Wildman–Crippen LogP) is 1.88. The quantitative estimate of drug-likeness (QED) is 0.649. The summed E-state index contributed by atoms with van der Waals surface area (Å²) in [4.78, 5) is 32.9. The Labute approximate surface area is 153 Å². The molecule has 4 rings (SSSR count). The van der Waals surface area contributed by atoms with Gasteiger partial charge in [0, 0.05) is 37.0 Å². The molecular formula is C18H16FN5O3. The molecule has 1 aromatic carbocycles. The second-order valence-corrected chi connectivity index (χ2v) is 6.38. The van der Waals surface area contributed by atoms with E-state index in [1.165, 1.54) is 17.0 Å². The topological polar surface area (TPSA) is 115 Å². The number of carboxylic acid groups (broad SMARTS) is 1. The molecule has 0 radical (unpaired) electrons. The minimum atomic E-state index is -0.983. The minimum Gasteiger partial charge on any atom is -0.481 e. The van der Waals surface area contributed by atoms with E-state index in [9.17, 15) is 19.1 Å². The van der Waals surface area contributed by atoms with Gasteiger partial charge in [-0.2, -0.15) is 5.10 Å². The zero-order chi connectivity index (χ0) is 19.0. The standard InChI is InChI=1S/C18H16FN5O3/c19-13-4-2-1-3-10(13)14-7-15(23-22-14)17(25)24-8-11(12(9-24)18(26)27)16-20-5-6-21-16/h1-7,11-12H,8-9H2,(H,20,21)(H,22,23)(H,26,27)/t11-,12-/m1/s1. The summed E-state index contributed by atoms with van der Waals surface area (Å²) >= 11 is 0. The first kappa shape index (κ1) is 17.0. The Balaban J connectivity index is 1.57. The summed E-state index contributed by atoms with van der Waals surface area (Å²) in [6, 6.07) is 7.61. The molecule has 3 heterocycles. The van der Waals surface area contributed by atoms with E-state index in [1.54, 1.807) is 30.6 Å². The molecule has 2 aromatic heterocycles. The van der Waals surface area contributed by atoms with E-state index >= 15 is 0 Å². The molecule has 8 nitrogen and oxygen atoms in total. The molecule has 1 saturated heterocycles. The summed E-state index contributed by atoms with van der Waals surface area (Å²) in [5.41, 5.74) is 0.775. The third-order valence-corrected chi connectivity index (χ3v) is 4.75. The monoisotopic (exact) mass is 369 g/mol. The summed E-state index contributed by atoms with van der Waals surface area (Å²) in [5, 5.41) is 16.1. The number of carbonyl (C=O) groups excluding carboxylic acids is 1. The van der Waals surface area contributed by atoms with Crippen molar-refractivity contribution in [3.8, 4) is 11.3 Å². The Hall–Kier alpha value is -3.49. The Morgan fingerprint density at radius 3 is 2.78 bits per heavy atom. The molecular weight excluding hydrogens is 353 g/mol. The second kappa shape index (κ2) is 6.67. The number of hydrogen-bond acceptors (Lipinski definition) is 4. The van der Waals surface area contributed by atoms with Gasteiger partial charge in [0.25, 0.3) is 5.91 Å². The third-order valence-electron chi connectivity index (χ3n) is 4.75. The molecule has 3 aromatic rings. The number of carbonyl (C=O) groups is 2. The van der Waals surface area contributed by atoms with Gasteiger partial charge in [-0.15, -0.1) is 0 Å². The van der Waals surface area contributed by atoms with Crippen molar-refractivity contribution in [1.82, 2.24) is 25.1 Å². The van der Waals surface area contributed by atoms with Crippen LogP contribution in [0.15, 0.2) is 42.7 Å². The fourth-order valence-corrected chi connectivity index (χ4v) is 3.39. The number of halogens is 1. The number of nitrogens with zero attached hydrogens (tertiary/aromatic N) is 3. The normalized spacial score (nSPS) is 19.4. The molecule has 0 aliphatic carbocycles. The zero-order valence-electron chi connectivity index (χ0n) is 14.1. The Bertz CT molecular complexity index is 985. The van der Waals surface area contributed by atoms with Crippen LogP contribution in [-0.4, -0.2) is 55.1 Å². The van der Waals surface area contributed by atoms with Crippen LogP contribution in [0.3, 0.4) is 0 Å². The Morgan fingerprint density at radius 1 is 1.26 bits per heavy atom. The highest BCUT2D eigenvalue weighted by Crippen LogP contribution is 2.32. The molecule has 0 saturated carbocycles. The van der Waals surface area contributed by atoms with Crippen LogP contribution in [0.5, 0.6) is 0 Å². The second-order valence-electron chi connectivity index (χ2n) is 6.38. The lowest BCUT2D eigenvalue weighted by atomic mass is 9.96. The lowest BCUT2D eigenvalue weighted by Crippen LogP contribution is -2.30. The van der Waals surface area contributed by atoms with Crippen LogP contribution in [0.2, 0.25) is 0 Å². The molecule has 1 fully saturated rings. The van der Waals surface area contributed by atoms with Gasteiger partial charge in [0.1, 0.15) is 17.3 Å². The van der Waals surface area contributed by atoms with Crippen LogP contribution in [0.4, 0.5) is 4.39 Å². The number of rotatable bonds is 4. The predicted molar refractivity (Wildman–Crippen MR) is 92.3 cm³/mol. The molecule has 0 spiro atoms.